The fraction of sp³-hybridized carbons (Fsp3) is 0.250. The quantitative estimate of drug-likeness (QED) is 0.625. The molecular formula is C20H20N2O5S. The van der Waals surface area contributed by atoms with Crippen LogP contribution in [0, 0.1) is 0 Å². The first-order valence-corrected chi connectivity index (χ1v) is 10.3. The predicted octanol–water partition coefficient (Wildman–Crippen LogP) is 2.04. The molecule has 0 saturated carbocycles. The molecular weight excluding hydrogens is 380 g/mol. The molecule has 2 aliphatic rings. The van der Waals surface area contributed by atoms with Crippen LogP contribution in [0.5, 0.6) is 11.5 Å². The third-order valence-electron chi connectivity index (χ3n) is 4.77. The molecule has 146 valence electrons. The van der Waals surface area contributed by atoms with Gasteiger partial charge < -0.3 is 14.8 Å². The van der Waals surface area contributed by atoms with Crippen LogP contribution in [0.4, 0.5) is 0 Å². The summed E-state index contributed by atoms with van der Waals surface area (Å²) in [5.74, 6) is 1.09. The highest BCUT2D eigenvalue weighted by atomic mass is 32.2. The van der Waals surface area contributed by atoms with Crippen molar-refractivity contribution in [3.63, 3.8) is 0 Å². The molecule has 0 spiro atoms. The van der Waals surface area contributed by atoms with Crippen molar-refractivity contribution in [2.75, 3.05) is 27.4 Å². The van der Waals surface area contributed by atoms with Gasteiger partial charge in [0.15, 0.2) is 17.3 Å². The number of hydrogen-bond acceptors (Lipinski definition) is 6. The molecule has 0 saturated heterocycles. The summed E-state index contributed by atoms with van der Waals surface area (Å²) in [6.07, 6.45) is 2.32. The summed E-state index contributed by atoms with van der Waals surface area (Å²) in [4.78, 5) is 12.9. The van der Waals surface area contributed by atoms with Gasteiger partial charge in [0.1, 0.15) is 0 Å². The van der Waals surface area contributed by atoms with Crippen molar-refractivity contribution < 1.29 is 22.7 Å². The Morgan fingerprint density at radius 3 is 2.64 bits per heavy atom. The average Bonchev–Trinajstić information content (AvgIpc) is 3.14. The molecule has 7 nitrogen and oxygen atoms in total. The van der Waals surface area contributed by atoms with E-state index in [-0.39, 0.29) is 17.5 Å². The summed E-state index contributed by atoms with van der Waals surface area (Å²) in [6.45, 7) is 0.886. The number of allylic oxidation sites excluding steroid dienone is 1. The van der Waals surface area contributed by atoms with Gasteiger partial charge in [-0.15, -0.1) is 0 Å². The van der Waals surface area contributed by atoms with Gasteiger partial charge in [0.05, 0.1) is 4.90 Å². The van der Waals surface area contributed by atoms with Crippen LogP contribution in [0.25, 0.3) is 5.70 Å². The number of carbonyl (C=O) groups is 1. The highest BCUT2D eigenvalue weighted by molar-refractivity contribution is 7.89. The van der Waals surface area contributed by atoms with Gasteiger partial charge in [-0.25, -0.2) is 12.7 Å². The van der Waals surface area contributed by atoms with E-state index in [0.29, 0.717) is 29.3 Å². The van der Waals surface area contributed by atoms with E-state index in [1.54, 1.807) is 12.1 Å². The van der Waals surface area contributed by atoms with E-state index in [2.05, 4.69) is 5.32 Å². The summed E-state index contributed by atoms with van der Waals surface area (Å²) < 4.78 is 36.7. The molecule has 1 N–H and O–H groups in total. The van der Waals surface area contributed by atoms with Crippen LogP contribution < -0.4 is 14.8 Å². The third kappa shape index (κ3) is 3.25. The smallest absolute Gasteiger partial charge is 0.242 e. The van der Waals surface area contributed by atoms with Crippen molar-refractivity contribution in [3.8, 4) is 11.5 Å². The van der Waals surface area contributed by atoms with Crippen LogP contribution in [0.15, 0.2) is 47.4 Å². The minimum Gasteiger partial charge on any atom is -0.454 e. The number of ether oxygens (including phenoxy) is 2. The summed E-state index contributed by atoms with van der Waals surface area (Å²) in [5.41, 5.74) is 2.96. The molecule has 2 aromatic rings. The topological polar surface area (TPSA) is 84.9 Å². The number of nitrogens with one attached hydrogen (secondary N) is 1. The Balaban J connectivity index is 1.69. The molecule has 0 bridgehead atoms. The van der Waals surface area contributed by atoms with Crippen LogP contribution in [0.2, 0.25) is 0 Å². The van der Waals surface area contributed by atoms with Gasteiger partial charge in [-0.05, 0) is 36.2 Å². The Morgan fingerprint density at radius 1 is 1.14 bits per heavy atom. The number of sulfonamides is 1. The number of fused-ring (bicyclic) bond motifs is 2. The highest BCUT2D eigenvalue weighted by Gasteiger charge is 2.23. The van der Waals surface area contributed by atoms with Crippen LogP contribution >= 0.6 is 0 Å². The summed E-state index contributed by atoms with van der Waals surface area (Å²) in [6, 6.07) is 9.88. The first-order valence-electron chi connectivity index (χ1n) is 8.81. The molecule has 28 heavy (non-hydrogen) atoms. The molecule has 8 heteroatoms. The molecule has 4 rings (SSSR count). The van der Waals surface area contributed by atoms with Crippen LogP contribution in [-0.4, -0.2) is 45.9 Å². The molecule has 2 aromatic carbocycles. The predicted molar refractivity (Wildman–Crippen MR) is 104 cm³/mol. The van der Waals surface area contributed by atoms with E-state index < -0.39 is 10.0 Å². The zero-order valence-corrected chi connectivity index (χ0v) is 16.4. The number of rotatable bonds is 4. The van der Waals surface area contributed by atoms with Crippen molar-refractivity contribution in [1.82, 2.24) is 9.62 Å². The monoisotopic (exact) mass is 400 g/mol. The van der Waals surface area contributed by atoms with Gasteiger partial charge in [-0.1, -0.05) is 12.1 Å². The lowest BCUT2D eigenvalue weighted by Gasteiger charge is -2.21. The van der Waals surface area contributed by atoms with Gasteiger partial charge in [0, 0.05) is 43.5 Å². The normalized spacial score (nSPS) is 16.8. The lowest BCUT2D eigenvalue weighted by Crippen LogP contribution is -2.23. The van der Waals surface area contributed by atoms with Crippen LogP contribution in [0.3, 0.4) is 0 Å². The second-order valence-electron chi connectivity index (χ2n) is 6.78. The van der Waals surface area contributed by atoms with Crippen LogP contribution in [0.1, 0.15) is 21.5 Å². The average molecular weight is 400 g/mol. The molecule has 0 amide bonds. The minimum atomic E-state index is -3.61. The first kappa shape index (κ1) is 18.5. The lowest BCUT2D eigenvalue weighted by molar-refractivity contribution is 0.104. The van der Waals surface area contributed by atoms with Crippen molar-refractivity contribution >= 4 is 21.5 Å². The van der Waals surface area contributed by atoms with Gasteiger partial charge in [0.25, 0.3) is 0 Å². The fourth-order valence-electron chi connectivity index (χ4n) is 3.23. The lowest BCUT2D eigenvalue weighted by atomic mass is 9.96. The van der Waals surface area contributed by atoms with Crippen molar-refractivity contribution in [2.24, 2.45) is 0 Å². The maximum absolute atomic E-state index is 12.8. The number of ketones is 1. The summed E-state index contributed by atoms with van der Waals surface area (Å²) in [5, 5.41) is 3.25. The minimum absolute atomic E-state index is 0.0853. The second kappa shape index (κ2) is 6.96. The van der Waals surface area contributed by atoms with Crippen LogP contribution in [-0.2, 0) is 16.4 Å². The molecule has 0 aromatic heterocycles. The standard InChI is InChI=1S/C20H20N2O5S/c1-22(2)28(24,25)15-5-3-4-14(8-15)18(23)11-17-16-10-20-19(26-12-27-20)9-13(16)6-7-21-17/h3-5,8-11,21H,6-7,12H2,1-2H3/b17-11-. The molecule has 0 aliphatic carbocycles. The zero-order chi connectivity index (χ0) is 19.9. The highest BCUT2D eigenvalue weighted by Crippen LogP contribution is 2.38. The first-order chi connectivity index (χ1) is 13.4. The molecule has 0 fully saturated rings. The van der Waals surface area contributed by atoms with E-state index in [9.17, 15) is 13.2 Å². The van der Waals surface area contributed by atoms with Crippen molar-refractivity contribution in [3.05, 3.63) is 59.2 Å². The van der Waals surface area contributed by atoms with Gasteiger partial charge in [0.2, 0.25) is 16.8 Å². The van der Waals surface area contributed by atoms with Crippen molar-refractivity contribution in [2.45, 2.75) is 11.3 Å². The number of benzene rings is 2. The number of nitrogens with zero attached hydrogens (tertiary/aromatic N) is 1. The largest absolute Gasteiger partial charge is 0.454 e. The summed E-state index contributed by atoms with van der Waals surface area (Å²) >= 11 is 0. The molecule has 0 radical (unpaired) electrons. The summed E-state index contributed by atoms with van der Waals surface area (Å²) in [7, 11) is -0.693. The fourth-order valence-corrected chi connectivity index (χ4v) is 4.18. The van der Waals surface area contributed by atoms with E-state index in [1.807, 2.05) is 12.1 Å². The maximum atomic E-state index is 12.8. The molecule has 0 atom stereocenters. The number of carbonyl (C=O) groups excluding carboxylic acids is 1. The molecule has 2 aliphatic heterocycles. The van der Waals surface area contributed by atoms with E-state index in [1.165, 1.54) is 32.3 Å². The van der Waals surface area contributed by atoms with E-state index >= 15 is 0 Å². The molecule has 2 heterocycles. The van der Waals surface area contributed by atoms with E-state index in [0.717, 1.165) is 21.9 Å². The van der Waals surface area contributed by atoms with Gasteiger partial charge >= 0.3 is 0 Å². The maximum Gasteiger partial charge on any atom is 0.242 e. The Kier molecular flexibility index (Phi) is 4.60. The van der Waals surface area contributed by atoms with Crippen molar-refractivity contribution in [1.29, 1.82) is 0 Å². The Labute approximate surface area is 163 Å². The van der Waals surface area contributed by atoms with Gasteiger partial charge in [-0.2, -0.15) is 0 Å². The van der Waals surface area contributed by atoms with E-state index in [4.69, 9.17) is 9.47 Å². The molecule has 0 unspecified atom stereocenters. The second-order valence-corrected chi connectivity index (χ2v) is 8.93. The Morgan fingerprint density at radius 2 is 1.89 bits per heavy atom. The SMILES string of the molecule is CN(C)S(=O)(=O)c1cccc(C(=O)/C=C2\NCCc3cc4c(cc32)OCO4)c1. The Hall–Kier alpha value is -2.84. The number of hydrogen-bond donors (Lipinski definition) is 1. The zero-order valence-electron chi connectivity index (χ0n) is 15.6. The Bertz CT molecular complexity index is 1090. The van der Waals surface area contributed by atoms with Gasteiger partial charge in [-0.3, -0.25) is 4.79 Å². The third-order valence-corrected chi connectivity index (χ3v) is 6.58.